The second-order valence-electron chi connectivity index (χ2n) is 2.29. The largest absolute Gasteiger partial charge is 0.200 e. The van der Waals surface area contributed by atoms with Gasteiger partial charge < -0.3 is 0 Å². The third-order valence-corrected chi connectivity index (χ3v) is 2.68. The molecule has 0 atom stereocenters. The Balaban J connectivity index is 2.79. The van der Waals surface area contributed by atoms with E-state index in [1.165, 1.54) is 21.6 Å². The zero-order valence-electron chi connectivity index (χ0n) is 5.75. The Kier molecular flexibility index (Phi) is 1.80. The third kappa shape index (κ3) is 1.12. The van der Waals surface area contributed by atoms with Crippen molar-refractivity contribution in [2.45, 2.75) is 5.88 Å². The quantitative estimate of drug-likeness (QED) is 0.620. The molecule has 1 aromatic carbocycles. The zero-order chi connectivity index (χ0) is 7.68. The van der Waals surface area contributed by atoms with Crippen LogP contribution in [0, 0.1) is 0 Å². The molecule has 0 unspecified atom stereocenters. The van der Waals surface area contributed by atoms with Crippen molar-refractivity contribution >= 4 is 33.2 Å². The van der Waals surface area contributed by atoms with Gasteiger partial charge in [0.1, 0.15) is 0 Å². The fourth-order valence-electron chi connectivity index (χ4n) is 1.07. The van der Waals surface area contributed by atoms with E-state index < -0.39 is 0 Å². The summed E-state index contributed by atoms with van der Waals surface area (Å²) in [4.78, 5) is 0. The van der Waals surface area contributed by atoms with Gasteiger partial charge in [0.2, 0.25) is 0 Å². The molecule has 1 heterocycles. The van der Waals surface area contributed by atoms with Crippen molar-refractivity contribution in [2.24, 2.45) is 0 Å². The van der Waals surface area contributed by atoms with Gasteiger partial charge in [-0.15, -0.1) is 11.6 Å². The lowest BCUT2D eigenvalue weighted by Crippen LogP contribution is -1.75. The normalized spacial score (nSPS) is 10.6. The zero-order valence-corrected chi connectivity index (χ0v) is 7.32. The van der Waals surface area contributed by atoms with Crippen LogP contribution in [0.1, 0.15) is 5.56 Å². The maximum atomic E-state index is 5.74. The van der Waals surface area contributed by atoms with E-state index in [2.05, 4.69) is 10.4 Å². The van der Waals surface area contributed by atoms with Crippen LogP contribution < -0.4 is 0 Å². The molecular formula is C8H6ClNS. The number of aromatic nitrogens is 1. The summed E-state index contributed by atoms with van der Waals surface area (Å²) in [5.74, 6) is 0.565. The van der Waals surface area contributed by atoms with Crippen LogP contribution in [-0.2, 0) is 5.88 Å². The average Bonchev–Trinajstić information content (AvgIpc) is 2.50. The van der Waals surface area contributed by atoms with Crippen LogP contribution in [0.15, 0.2) is 24.4 Å². The molecule has 56 valence electrons. The smallest absolute Gasteiger partial charge is 0.0553 e. The highest BCUT2D eigenvalue weighted by Gasteiger charge is 1.99. The van der Waals surface area contributed by atoms with Crippen LogP contribution in [-0.4, -0.2) is 4.37 Å². The lowest BCUT2D eigenvalue weighted by molar-refractivity contribution is 1.45. The van der Waals surface area contributed by atoms with Gasteiger partial charge in [-0.3, -0.25) is 0 Å². The number of rotatable bonds is 1. The molecule has 11 heavy (non-hydrogen) atoms. The second kappa shape index (κ2) is 2.80. The van der Waals surface area contributed by atoms with Crippen molar-refractivity contribution in [3.05, 3.63) is 30.0 Å². The van der Waals surface area contributed by atoms with E-state index in [4.69, 9.17) is 11.6 Å². The van der Waals surface area contributed by atoms with Crippen LogP contribution >= 0.6 is 23.1 Å². The number of hydrogen-bond donors (Lipinski definition) is 0. The van der Waals surface area contributed by atoms with Gasteiger partial charge in [-0.2, -0.15) is 4.37 Å². The summed E-state index contributed by atoms with van der Waals surface area (Å²) < 4.78 is 5.30. The Labute approximate surface area is 73.8 Å². The first-order chi connectivity index (χ1) is 5.42. The number of hydrogen-bond acceptors (Lipinski definition) is 2. The summed E-state index contributed by atoms with van der Waals surface area (Å²) in [6.07, 6.45) is 1.87. The van der Waals surface area contributed by atoms with Gasteiger partial charge >= 0.3 is 0 Å². The summed E-state index contributed by atoms with van der Waals surface area (Å²) in [6, 6.07) is 6.10. The highest BCUT2D eigenvalue weighted by molar-refractivity contribution is 7.13. The van der Waals surface area contributed by atoms with Gasteiger partial charge in [0.25, 0.3) is 0 Å². The summed E-state index contributed by atoms with van der Waals surface area (Å²) in [7, 11) is 0. The SMILES string of the molecule is ClCc1cccc2sncc12. The van der Waals surface area contributed by atoms with Crippen LogP contribution in [0.3, 0.4) is 0 Å². The van der Waals surface area contributed by atoms with Crippen LogP contribution in [0.25, 0.3) is 10.1 Å². The number of alkyl halides is 1. The van der Waals surface area contributed by atoms with E-state index in [0.717, 1.165) is 5.56 Å². The number of halogens is 1. The number of benzene rings is 1. The Hall–Kier alpha value is -0.600. The highest BCUT2D eigenvalue weighted by Crippen LogP contribution is 2.22. The molecule has 2 rings (SSSR count). The van der Waals surface area contributed by atoms with Crippen molar-refractivity contribution in [3.8, 4) is 0 Å². The van der Waals surface area contributed by atoms with Gasteiger partial charge in [-0.1, -0.05) is 12.1 Å². The van der Waals surface area contributed by atoms with Gasteiger partial charge in [0, 0.05) is 17.5 Å². The van der Waals surface area contributed by atoms with Crippen LogP contribution in [0.4, 0.5) is 0 Å². The lowest BCUT2D eigenvalue weighted by Gasteiger charge is -1.94. The molecule has 0 aliphatic carbocycles. The first kappa shape index (κ1) is 7.07. The minimum Gasteiger partial charge on any atom is -0.200 e. The van der Waals surface area contributed by atoms with Gasteiger partial charge in [0.15, 0.2) is 0 Å². The van der Waals surface area contributed by atoms with Crippen molar-refractivity contribution in [1.29, 1.82) is 0 Å². The second-order valence-corrected chi connectivity index (χ2v) is 3.39. The van der Waals surface area contributed by atoms with E-state index in [9.17, 15) is 0 Å². The first-order valence-electron chi connectivity index (χ1n) is 3.30. The molecule has 1 nitrogen and oxygen atoms in total. The summed E-state index contributed by atoms with van der Waals surface area (Å²) in [5, 5.41) is 1.19. The Morgan fingerprint density at radius 1 is 1.45 bits per heavy atom. The molecule has 0 amide bonds. The van der Waals surface area contributed by atoms with Crippen LogP contribution in [0.5, 0.6) is 0 Å². The predicted octanol–water partition coefficient (Wildman–Crippen LogP) is 3.04. The third-order valence-electron chi connectivity index (χ3n) is 1.63. The average molecular weight is 184 g/mol. The van der Waals surface area contributed by atoms with Crippen molar-refractivity contribution < 1.29 is 0 Å². The van der Waals surface area contributed by atoms with Crippen molar-refractivity contribution in [1.82, 2.24) is 4.37 Å². The fraction of sp³-hybridized carbons (Fsp3) is 0.125. The van der Waals surface area contributed by atoms with Gasteiger partial charge in [-0.05, 0) is 23.2 Å². The monoisotopic (exact) mass is 183 g/mol. The first-order valence-corrected chi connectivity index (χ1v) is 4.61. The topological polar surface area (TPSA) is 12.9 Å². The molecule has 1 aromatic heterocycles. The highest BCUT2D eigenvalue weighted by atomic mass is 35.5. The molecule has 0 bridgehead atoms. The Morgan fingerprint density at radius 3 is 3.18 bits per heavy atom. The molecule has 0 saturated carbocycles. The predicted molar refractivity (Wildman–Crippen MR) is 49.2 cm³/mol. The summed E-state index contributed by atoms with van der Waals surface area (Å²) in [5.41, 5.74) is 1.16. The molecule has 0 aliphatic heterocycles. The molecule has 0 spiro atoms. The standard InChI is InChI=1S/C8H6ClNS/c9-4-6-2-1-3-8-7(6)5-10-11-8/h1-3,5H,4H2. The van der Waals surface area contributed by atoms with Crippen molar-refractivity contribution in [3.63, 3.8) is 0 Å². The van der Waals surface area contributed by atoms with E-state index in [1.807, 2.05) is 18.3 Å². The van der Waals surface area contributed by atoms with E-state index >= 15 is 0 Å². The van der Waals surface area contributed by atoms with E-state index in [0.29, 0.717) is 5.88 Å². The van der Waals surface area contributed by atoms with E-state index in [1.54, 1.807) is 0 Å². The van der Waals surface area contributed by atoms with Crippen molar-refractivity contribution in [2.75, 3.05) is 0 Å². The minimum absolute atomic E-state index is 0.565. The van der Waals surface area contributed by atoms with Gasteiger partial charge in [0.05, 0.1) is 4.70 Å². The Bertz CT molecular complexity index is 369. The molecular weight excluding hydrogens is 178 g/mol. The molecule has 2 aromatic rings. The Morgan fingerprint density at radius 2 is 2.36 bits per heavy atom. The van der Waals surface area contributed by atoms with Gasteiger partial charge in [-0.25, -0.2) is 0 Å². The summed E-state index contributed by atoms with van der Waals surface area (Å²) in [6.45, 7) is 0. The lowest BCUT2D eigenvalue weighted by atomic mass is 10.2. The summed E-state index contributed by atoms with van der Waals surface area (Å²) >= 11 is 7.25. The molecule has 0 radical (unpaired) electrons. The number of fused-ring (bicyclic) bond motifs is 1. The maximum absolute atomic E-state index is 5.74. The van der Waals surface area contributed by atoms with Crippen LogP contribution in [0.2, 0.25) is 0 Å². The maximum Gasteiger partial charge on any atom is 0.0553 e. The molecule has 0 aliphatic rings. The molecule has 0 N–H and O–H groups in total. The fourth-order valence-corrected chi connectivity index (χ4v) is 1.99. The van der Waals surface area contributed by atoms with E-state index in [-0.39, 0.29) is 0 Å². The minimum atomic E-state index is 0.565. The molecule has 0 saturated heterocycles. The molecule has 3 heteroatoms. The number of nitrogens with zero attached hydrogens (tertiary/aromatic N) is 1. The molecule has 0 fully saturated rings.